The maximum absolute atomic E-state index is 9.51. The molecule has 0 aliphatic heterocycles. The summed E-state index contributed by atoms with van der Waals surface area (Å²) in [7, 11) is 6.29. The minimum absolute atomic E-state index is 0.503. The Kier molecular flexibility index (Phi) is 5.69. The molecule has 0 aliphatic rings. The summed E-state index contributed by atoms with van der Waals surface area (Å²) in [6.45, 7) is 0. The fraction of sp³-hybridized carbons (Fsp3) is 0.211. The molecule has 2 aromatic rings. The van der Waals surface area contributed by atoms with E-state index in [1.807, 2.05) is 18.2 Å². The summed E-state index contributed by atoms with van der Waals surface area (Å²) in [5.41, 5.74) is 2.08. The topological polar surface area (TPSA) is 60.7 Å². The second-order valence-electron chi connectivity index (χ2n) is 4.85. The Morgan fingerprint density at radius 1 is 0.792 bits per heavy atom. The molecule has 0 heterocycles. The largest absolute Gasteiger partial charge is 0.493 e. The highest BCUT2D eigenvalue weighted by Gasteiger charge is 2.09. The van der Waals surface area contributed by atoms with Crippen LogP contribution < -0.4 is 18.9 Å². The lowest BCUT2D eigenvalue weighted by molar-refractivity contribution is 0.355. The number of rotatable bonds is 6. The van der Waals surface area contributed by atoms with Crippen LogP contribution in [0.3, 0.4) is 0 Å². The molecule has 0 fully saturated rings. The Morgan fingerprint density at radius 2 is 1.33 bits per heavy atom. The van der Waals surface area contributed by atoms with Crippen molar-refractivity contribution in [2.24, 2.45) is 0 Å². The molecule has 0 amide bonds. The van der Waals surface area contributed by atoms with E-state index in [1.165, 1.54) is 0 Å². The van der Waals surface area contributed by atoms with Gasteiger partial charge in [0, 0.05) is 0 Å². The second kappa shape index (κ2) is 7.93. The maximum Gasteiger partial charge on any atom is 0.161 e. The lowest BCUT2D eigenvalue weighted by Crippen LogP contribution is -1.93. The SMILES string of the molecule is COc1ccc(/C=C(\C#N)c2ccc(OC)c(OC)c2)cc1OC. The normalized spacial score (nSPS) is 10.7. The van der Waals surface area contributed by atoms with Gasteiger partial charge in [0.2, 0.25) is 0 Å². The highest BCUT2D eigenvalue weighted by atomic mass is 16.5. The zero-order valence-corrected chi connectivity index (χ0v) is 14.1. The van der Waals surface area contributed by atoms with E-state index in [9.17, 15) is 5.26 Å². The molecule has 124 valence electrons. The number of methoxy groups -OCH3 is 4. The van der Waals surface area contributed by atoms with Crippen LogP contribution in [-0.4, -0.2) is 28.4 Å². The predicted molar refractivity (Wildman–Crippen MR) is 92.6 cm³/mol. The minimum atomic E-state index is 0.503. The lowest BCUT2D eigenvalue weighted by atomic mass is 10.0. The molecule has 0 N–H and O–H groups in total. The first-order valence-corrected chi connectivity index (χ1v) is 7.23. The summed E-state index contributed by atoms with van der Waals surface area (Å²) >= 11 is 0. The molecule has 0 saturated carbocycles. The van der Waals surface area contributed by atoms with Gasteiger partial charge >= 0.3 is 0 Å². The van der Waals surface area contributed by atoms with E-state index in [1.54, 1.807) is 52.7 Å². The summed E-state index contributed by atoms with van der Waals surface area (Å²) < 4.78 is 21.0. The van der Waals surface area contributed by atoms with Crippen molar-refractivity contribution >= 4 is 11.6 Å². The number of benzene rings is 2. The third kappa shape index (κ3) is 3.61. The van der Waals surface area contributed by atoms with Gasteiger partial charge in [-0.2, -0.15) is 5.26 Å². The first kappa shape index (κ1) is 17.2. The Balaban J connectivity index is 2.45. The van der Waals surface area contributed by atoms with Crippen molar-refractivity contribution in [2.75, 3.05) is 28.4 Å². The van der Waals surface area contributed by atoms with E-state index < -0.39 is 0 Å². The summed E-state index contributed by atoms with van der Waals surface area (Å²) in [4.78, 5) is 0. The predicted octanol–water partition coefficient (Wildman–Crippen LogP) is 3.79. The summed E-state index contributed by atoms with van der Waals surface area (Å²) in [5, 5.41) is 9.51. The number of nitriles is 1. The fourth-order valence-electron chi connectivity index (χ4n) is 2.29. The molecule has 0 atom stereocenters. The molecular weight excluding hydrogens is 306 g/mol. The van der Waals surface area contributed by atoms with E-state index in [0.717, 1.165) is 11.1 Å². The Hall–Kier alpha value is -3.13. The van der Waals surface area contributed by atoms with Gasteiger partial charge in [-0.15, -0.1) is 0 Å². The van der Waals surface area contributed by atoms with Crippen molar-refractivity contribution in [3.05, 3.63) is 47.5 Å². The van der Waals surface area contributed by atoms with Gasteiger partial charge < -0.3 is 18.9 Å². The molecule has 5 nitrogen and oxygen atoms in total. The van der Waals surface area contributed by atoms with Crippen LogP contribution in [0, 0.1) is 11.3 Å². The van der Waals surface area contributed by atoms with E-state index in [0.29, 0.717) is 28.6 Å². The monoisotopic (exact) mass is 325 g/mol. The van der Waals surface area contributed by atoms with Crippen LogP contribution in [0.5, 0.6) is 23.0 Å². The number of ether oxygens (including phenoxy) is 4. The fourth-order valence-corrected chi connectivity index (χ4v) is 2.29. The lowest BCUT2D eigenvalue weighted by Gasteiger charge is -2.10. The average molecular weight is 325 g/mol. The maximum atomic E-state index is 9.51. The van der Waals surface area contributed by atoms with E-state index in [2.05, 4.69) is 6.07 Å². The van der Waals surface area contributed by atoms with Gasteiger partial charge in [-0.25, -0.2) is 0 Å². The van der Waals surface area contributed by atoms with Crippen LogP contribution in [0.2, 0.25) is 0 Å². The molecule has 0 saturated heterocycles. The zero-order chi connectivity index (χ0) is 17.5. The third-order valence-electron chi connectivity index (χ3n) is 3.53. The second-order valence-corrected chi connectivity index (χ2v) is 4.85. The molecule has 2 aromatic carbocycles. The molecule has 24 heavy (non-hydrogen) atoms. The Bertz CT molecular complexity index is 790. The number of allylic oxidation sites excluding steroid dienone is 1. The molecule has 5 heteroatoms. The number of hydrogen-bond donors (Lipinski definition) is 0. The van der Waals surface area contributed by atoms with Crippen LogP contribution in [0.15, 0.2) is 36.4 Å². The summed E-state index contributed by atoms with van der Waals surface area (Å²) in [6.07, 6.45) is 1.78. The van der Waals surface area contributed by atoms with Crippen LogP contribution in [0.1, 0.15) is 11.1 Å². The van der Waals surface area contributed by atoms with Crippen molar-refractivity contribution in [3.8, 4) is 29.1 Å². The smallest absolute Gasteiger partial charge is 0.161 e. The minimum Gasteiger partial charge on any atom is -0.493 e. The molecule has 2 rings (SSSR count). The van der Waals surface area contributed by atoms with Crippen molar-refractivity contribution in [1.82, 2.24) is 0 Å². The highest BCUT2D eigenvalue weighted by Crippen LogP contribution is 2.32. The Morgan fingerprint density at radius 3 is 1.88 bits per heavy atom. The van der Waals surface area contributed by atoms with Gasteiger partial charge in [0.25, 0.3) is 0 Å². The van der Waals surface area contributed by atoms with Gasteiger partial charge in [0.1, 0.15) is 0 Å². The summed E-state index contributed by atoms with van der Waals surface area (Å²) in [5.74, 6) is 2.43. The third-order valence-corrected chi connectivity index (χ3v) is 3.53. The van der Waals surface area contributed by atoms with Crippen LogP contribution in [0.4, 0.5) is 0 Å². The van der Waals surface area contributed by atoms with Crippen molar-refractivity contribution in [2.45, 2.75) is 0 Å². The first-order valence-electron chi connectivity index (χ1n) is 7.23. The van der Waals surface area contributed by atoms with E-state index in [4.69, 9.17) is 18.9 Å². The van der Waals surface area contributed by atoms with Gasteiger partial charge in [0.15, 0.2) is 23.0 Å². The molecule has 0 radical (unpaired) electrons. The van der Waals surface area contributed by atoms with Crippen molar-refractivity contribution in [3.63, 3.8) is 0 Å². The first-order chi connectivity index (χ1) is 11.7. The van der Waals surface area contributed by atoms with Crippen molar-refractivity contribution in [1.29, 1.82) is 5.26 Å². The zero-order valence-electron chi connectivity index (χ0n) is 14.1. The van der Waals surface area contributed by atoms with Gasteiger partial charge in [-0.05, 0) is 47.5 Å². The molecule has 0 unspecified atom stereocenters. The van der Waals surface area contributed by atoms with Gasteiger partial charge in [0.05, 0.1) is 40.1 Å². The van der Waals surface area contributed by atoms with E-state index in [-0.39, 0.29) is 0 Å². The van der Waals surface area contributed by atoms with E-state index >= 15 is 0 Å². The van der Waals surface area contributed by atoms with Crippen LogP contribution in [-0.2, 0) is 0 Å². The molecule has 0 aromatic heterocycles. The van der Waals surface area contributed by atoms with Crippen LogP contribution >= 0.6 is 0 Å². The average Bonchev–Trinajstić information content (AvgIpc) is 2.65. The molecule has 0 spiro atoms. The molecule has 0 bridgehead atoms. The van der Waals surface area contributed by atoms with Crippen molar-refractivity contribution < 1.29 is 18.9 Å². The van der Waals surface area contributed by atoms with Gasteiger partial charge in [-0.1, -0.05) is 6.07 Å². The molecule has 0 aliphatic carbocycles. The van der Waals surface area contributed by atoms with Crippen LogP contribution in [0.25, 0.3) is 11.6 Å². The highest BCUT2D eigenvalue weighted by molar-refractivity contribution is 5.90. The number of hydrogen-bond acceptors (Lipinski definition) is 5. The quantitative estimate of drug-likeness (QED) is 0.597. The standard InChI is InChI=1S/C19H19NO4/c1-21-16-7-5-13(10-18(16)23-3)9-15(12-20)14-6-8-17(22-2)19(11-14)24-4/h5-11H,1-4H3/b15-9+. The van der Waals surface area contributed by atoms with Gasteiger partial charge in [-0.3, -0.25) is 0 Å². The summed E-state index contributed by atoms with van der Waals surface area (Å²) in [6, 6.07) is 13.1. The molecular formula is C19H19NO4. The Labute approximate surface area is 141 Å². The number of nitrogens with zero attached hydrogens (tertiary/aromatic N) is 1.